The van der Waals surface area contributed by atoms with Crippen LogP contribution in [-0.2, 0) is 18.9 Å². The lowest BCUT2D eigenvalue weighted by Gasteiger charge is -2.45. The van der Waals surface area contributed by atoms with E-state index in [1.165, 1.54) is 32.1 Å². The molecule has 0 saturated carbocycles. The fraction of sp³-hybridized carbons (Fsp3) is 0.900. The molecule has 0 spiro atoms. The van der Waals surface area contributed by atoms with Crippen LogP contribution in [0.25, 0.3) is 0 Å². The van der Waals surface area contributed by atoms with Crippen molar-refractivity contribution in [3.05, 3.63) is 12.7 Å². The molecule has 0 amide bonds. The van der Waals surface area contributed by atoms with E-state index in [4.69, 9.17) is 18.9 Å². The third kappa shape index (κ3) is 8.11. The summed E-state index contributed by atoms with van der Waals surface area (Å²) in [6.07, 6.45) is 11.9. The average Bonchev–Trinajstić information content (AvgIpc) is 2.60. The highest BCUT2D eigenvalue weighted by molar-refractivity contribution is 4.90. The molecule has 0 N–H and O–H groups in total. The van der Waals surface area contributed by atoms with Gasteiger partial charge in [0.2, 0.25) is 0 Å². The molecule has 1 atom stereocenters. The van der Waals surface area contributed by atoms with Crippen molar-refractivity contribution in [1.82, 2.24) is 0 Å². The monoisotopic (exact) mass is 346 g/mol. The Balaban J connectivity index is 0. The highest BCUT2D eigenvalue weighted by atomic mass is 16.9. The maximum atomic E-state index is 5.87. The minimum absolute atomic E-state index is 0.565. The van der Waals surface area contributed by atoms with Crippen LogP contribution < -0.4 is 0 Å². The van der Waals surface area contributed by atoms with E-state index in [9.17, 15) is 0 Å². The summed E-state index contributed by atoms with van der Waals surface area (Å²) in [6, 6.07) is 0. The number of rotatable bonds is 14. The van der Waals surface area contributed by atoms with Gasteiger partial charge in [-0.05, 0) is 19.8 Å². The van der Waals surface area contributed by atoms with Crippen molar-refractivity contribution in [3.8, 4) is 0 Å². The maximum absolute atomic E-state index is 5.87. The summed E-state index contributed by atoms with van der Waals surface area (Å²) >= 11 is 0. The quantitative estimate of drug-likeness (QED) is 0.229. The first-order chi connectivity index (χ1) is 11.5. The molecule has 0 fully saturated rings. The fourth-order valence-corrected chi connectivity index (χ4v) is 3.16. The second-order valence-electron chi connectivity index (χ2n) is 6.04. The van der Waals surface area contributed by atoms with E-state index in [0.29, 0.717) is 0 Å². The molecule has 0 aliphatic carbocycles. The predicted octanol–water partition coefficient (Wildman–Crippen LogP) is 5.71. The first-order valence-electron chi connectivity index (χ1n) is 9.31. The van der Waals surface area contributed by atoms with E-state index in [2.05, 4.69) is 20.4 Å². The standard InChI is InChI=1S/C17H36O4.C3H6/c1-7-9-10-11-12-13-15-16(18-3,14-8-2)17(19-4,20-5)21-6;1-3-2/h7-15H2,1-6H3;3H,1H2,2H3. The maximum Gasteiger partial charge on any atom is 0.313 e. The van der Waals surface area contributed by atoms with Crippen LogP contribution >= 0.6 is 0 Å². The highest BCUT2D eigenvalue weighted by Gasteiger charge is 2.53. The number of unbranched alkanes of at least 4 members (excludes halogenated alkanes) is 5. The molecule has 0 aromatic carbocycles. The molecule has 0 bridgehead atoms. The normalized spacial score (nSPS) is 13.8. The third-order valence-electron chi connectivity index (χ3n) is 4.34. The van der Waals surface area contributed by atoms with Crippen molar-refractivity contribution in [2.45, 2.75) is 90.1 Å². The van der Waals surface area contributed by atoms with Gasteiger partial charge < -0.3 is 18.9 Å². The Kier molecular flexibility index (Phi) is 17.3. The van der Waals surface area contributed by atoms with Crippen LogP contribution in [0.15, 0.2) is 12.7 Å². The number of allylic oxidation sites excluding steroid dienone is 1. The van der Waals surface area contributed by atoms with Gasteiger partial charge in [-0.2, -0.15) is 0 Å². The molecule has 0 aromatic heterocycles. The lowest BCUT2D eigenvalue weighted by molar-refractivity contribution is -0.425. The summed E-state index contributed by atoms with van der Waals surface area (Å²) in [5.41, 5.74) is -0.565. The van der Waals surface area contributed by atoms with Crippen LogP contribution in [-0.4, -0.2) is 40.0 Å². The van der Waals surface area contributed by atoms with Gasteiger partial charge in [0, 0.05) is 28.4 Å². The summed E-state index contributed by atoms with van der Waals surface area (Å²) in [6.45, 7) is 9.63. The SMILES string of the molecule is C=CC.CCCCCCCCC(CCC)(OC)C(OC)(OC)OC. The molecule has 4 nitrogen and oxygen atoms in total. The minimum atomic E-state index is -1.14. The van der Waals surface area contributed by atoms with Crippen LogP contribution in [0, 0.1) is 0 Å². The number of hydrogen-bond acceptors (Lipinski definition) is 4. The van der Waals surface area contributed by atoms with Crippen molar-refractivity contribution in [3.63, 3.8) is 0 Å². The molecule has 24 heavy (non-hydrogen) atoms. The van der Waals surface area contributed by atoms with Gasteiger partial charge in [-0.25, -0.2) is 0 Å². The Morgan fingerprint density at radius 2 is 1.17 bits per heavy atom. The molecule has 0 aromatic rings. The number of hydrogen-bond donors (Lipinski definition) is 0. The molecule has 0 saturated heterocycles. The van der Waals surface area contributed by atoms with Gasteiger partial charge >= 0.3 is 5.97 Å². The van der Waals surface area contributed by atoms with Crippen LogP contribution in [0.1, 0.15) is 78.6 Å². The Morgan fingerprint density at radius 1 is 0.708 bits per heavy atom. The molecule has 0 radical (unpaired) electrons. The topological polar surface area (TPSA) is 36.9 Å². The second-order valence-corrected chi connectivity index (χ2v) is 6.04. The molecule has 0 rings (SSSR count). The van der Waals surface area contributed by atoms with Gasteiger partial charge in [0.05, 0.1) is 0 Å². The van der Waals surface area contributed by atoms with Crippen LogP contribution in [0.5, 0.6) is 0 Å². The van der Waals surface area contributed by atoms with Gasteiger partial charge in [0.25, 0.3) is 0 Å². The van der Waals surface area contributed by atoms with Crippen LogP contribution in [0.4, 0.5) is 0 Å². The Morgan fingerprint density at radius 3 is 1.54 bits per heavy atom. The smallest absolute Gasteiger partial charge is 0.313 e. The molecule has 0 aliphatic heterocycles. The number of ether oxygens (including phenoxy) is 4. The minimum Gasteiger partial charge on any atom is -0.370 e. The van der Waals surface area contributed by atoms with Crippen molar-refractivity contribution < 1.29 is 18.9 Å². The summed E-state index contributed by atoms with van der Waals surface area (Å²) < 4.78 is 22.6. The second kappa shape index (κ2) is 16.1. The van der Waals surface area contributed by atoms with Crippen LogP contribution in [0.3, 0.4) is 0 Å². The fourth-order valence-electron chi connectivity index (χ4n) is 3.16. The largest absolute Gasteiger partial charge is 0.370 e. The first-order valence-corrected chi connectivity index (χ1v) is 9.31. The number of methoxy groups -OCH3 is 4. The molecule has 0 heterocycles. The van der Waals surface area contributed by atoms with E-state index in [-0.39, 0.29) is 0 Å². The van der Waals surface area contributed by atoms with Gasteiger partial charge in [-0.1, -0.05) is 64.9 Å². The molecule has 1 unspecified atom stereocenters. The first kappa shape index (κ1) is 25.8. The zero-order valence-electron chi connectivity index (χ0n) is 17.3. The lowest BCUT2D eigenvalue weighted by atomic mass is 9.87. The molecule has 4 heteroatoms. The molecular weight excluding hydrogens is 304 g/mol. The zero-order chi connectivity index (χ0) is 18.9. The van der Waals surface area contributed by atoms with Crippen LogP contribution in [0.2, 0.25) is 0 Å². The molecule has 0 aliphatic rings. The third-order valence-corrected chi connectivity index (χ3v) is 4.34. The predicted molar refractivity (Wildman–Crippen MR) is 102 cm³/mol. The van der Waals surface area contributed by atoms with E-state index in [1.807, 2.05) is 6.92 Å². The van der Waals surface area contributed by atoms with E-state index >= 15 is 0 Å². The summed E-state index contributed by atoms with van der Waals surface area (Å²) in [4.78, 5) is 0. The van der Waals surface area contributed by atoms with Gasteiger partial charge in [-0.15, -0.1) is 6.58 Å². The van der Waals surface area contributed by atoms with Crippen molar-refractivity contribution in [2.24, 2.45) is 0 Å². The Bertz CT molecular complexity index is 269. The highest BCUT2D eigenvalue weighted by Crippen LogP contribution is 2.39. The Labute approximate surface area is 150 Å². The van der Waals surface area contributed by atoms with Gasteiger partial charge in [0.15, 0.2) is 0 Å². The Hall–Kier alpha value is -0.420. The summed E-state index contributed by atoms with van der Waals surface area (Å²) in [5.74, 6) is -1.14. The summed E-state index contributed by atoms with van der Waals surface area (Å²) in [7, 11) is 6.55. The average molecular weight is 347 g/mol. The van der Waals surface area contributed by atoms with Gasteiger partial charge in [-0.3, -0.25) is 0 Å². The zero-order valence-corrected chi connectivity index (χ0v) is 17.3. The summed E-state index contributed by atoms with van der Waals surface area (Å²) in [5, 5.41) is 0. The van der Waals surface area contributed by atoms with E-state index in [1.54, 1.807) is 34.5 Å². The van der Waals surface area contributed by atoms with E-state index in [0.717, 1.165) is 25.7 Å². The van der Waals surface area contributed by atoms with Crippen molar-refractivity contribution in [2.75, 3.05) is 28.4 Å². The molecular formula is C20H42O4. The van der Waals surface area contributed by atoms with Crippen molar-refractivity contribution >= 4 is 0 Å². The lowest BCUT2D eigenvalue weighted by Crippen LogP contribution is -2.59. The van der Waals surface area contributed by atoms with Crippen molar-refractivity contribution in [1.29, 1.82) is 0 Å². The molecule has 146 valence electrons. The van der Waals surface area contributed by atoms with Gasteiger partial charge in [0.1, 0.15) is 5.60 Å². The van der Waals surface area contributed by atoms with E-state index < -0.39 is 11.6 Å².